The predicted molar refractivity (Wildman–Crippen MR) is 73.1 cm³/mol. The molecule has 19 heavy (non-hydrogen) atoms. The van der Waals surface area contributed by atoms with E-state index in [-0.39, 0.29) is 0 Å². The Bertz CT molecular complexity index is 601. The minimum atomic E-state index is -0.680. The molecule has 0 saturated heterocycles. The van der Waals surface area contributed by atoms with Gasteiger partial charge in [0.05, 0.1) is 0 Å². The molecule has 1 heterocycles. The maximum Gasteiger partial charge on any atom is 0.297 e. The summed E-state index contributed by atoms with van der Waals surface area (Å²) < 4.78 is 0. The summed E-state index contributed by atoms with van der Waals surface area (Å²) in [6.07, 6.45) is 1.63. The van der Waals surface area contributed by atoms with Gasteiger partial charge in [-0.25, -0.2) is 4.98 Å². The first-order chi connectivity index (χ1) is 9.06. The number of carbonyl (C=O) groups is 2. The molecule has 1 N–H and O–H groups in total. The number of carbonyl (C=O) groups excluding carboxylic acids is 2. The molecule has 0 fully saturated rings. The van der Waals surface area contributed by atoms with Crippen LogP contribution in [0.2, 0.25) is 0 Å². The van der Waals surface area contributed by atoms with Gasteiger partial charge in [0, 0.05) is 11.8 Å². The van der Waals surface area contributed by atoms with E-state index in [1.165, 1.54) is 0 Å². The highest BCUT2D eigenvalue weighted by Crippen LogP contribution is 2.07. The molecule has 0 radical (unpaired) electrons. The van der Waals surface area contributed by atoms with Crippen LogP contribution < -0.4 is 5.32 Å². The Labute approximate surface area is 111 Å². The first-order valence-corrected chi connectivity index (χ1v) is 5.91. The van der Waals surface area contributed by atoms with Crippen LogP contribution in [0.4, 0.5) is 5.82 Å². The highest BCUT2D eigenvalue weighted by Gasteiger charge is 2.16. The lowest BCUT2D eigenvalue weighted by atomic mass is 10.1. The number of aryl methyl sites for hydroxylation is 2. The summed E-state index contributed by atoms with van der Waals surface area (Å²) in [5, 5.41) is 2.48. The van der Waals surface area contributed by atoms with Crippen LogP contribution in [0.25, 0.3) is 0 Å². The fourth-order valence-electron chi connectivity index (χ4n) is 1.55. The number of amides is 1. The predicted octanol–water partition coefficient (Wildman–Crippen LogP) is 2.52. The lowest BCUT2D eigenvalue weighted by Crippen LogP contribution is -2.23. The maximum atomic E-state index is 11.9. The van der Waals surface area contributed by atoms with Crippen molar-refractivity contribution in [3.8, 4) is 0 Å². The van der Waals surface area contributed by atoms with Gasteiger partial charge in [-0.15, -0.1) is 0 Å². The number of benzene rings is 1. The number of pyridine rings is 1. The third-order valence-corrected chi connectivity index (χ3v) is 2.67. The molecule has 1 aromatic carbocycles. The van der Waals surface area contributed by atoms with E-state index >= 15 is 0 Å². The lowest BCUT2D eigenvalue weighted by Gasteiger charge is -2.04. The van der Waals surface area contributed by atoms with Crippen molar-refractivity contribution in [2.24, 2.45) is 0 Å². The molecule has 1 amide bonds. The number of rotatable bonds is 3. The number of Topliss-reactive ketones (excluding diaryl/α,β-unsaturated/α-hetero) is 1. The topological polar surface area (TPSA) is 59.1 Å². The van der Waals surface area contributed by atoms with Crippen LogP contribution in [-0.4, -0.2) is 16.7 Å². The van der Waals surface area contributed by atoms with Crippen molar-refractivity contribution in [1.82, 2.24) is 4.98 Å². The van der Waals surface area contributed by atoms with Crippen LogP contribution in [0.3, 0.4) is 0 Å². The zero-order valence-electron chi connectivity index (χ0n) is 10.8. The maximum absolute atomic E-state index is 11.9. The average molecular weight is 254 g/mol. The van der Waals surface area contributed by atoms with Gasteiger partial charge in [-0.3, -0.25) is 9.59 Å². The minimum Gasteiger partial charge on any atom is -0.304 e. The van der Waals surface area contributed by atoms with E-state index in [0.29, 0.717) is 11.4 Å². The molecule has 4 heteroatoms. The second-order valence-corrected chi connectivity index (χ2v) is 4.37. The van der Waals surface area contributed by atoms with Crippen molar-refractivity contribution >= 4 is 17.5 Å². The highest BCUT2D eigenvalue weighted by molar-refractivity contribution is 6.46. The second kappa shape index (κ2) is 5.44. The van der Waals surface area contributed by atoms with Gasteiger partial charge in [-0.1, -0.05) is 35.9 Å². The van der Waals surface area contributed by atoms with Gasteiger partial charge in [0.1, 0.15) is 5.82 Å². The summed E-state index contributed by atoms with van der Waals surface area (Å²) >= 11 is 0. The number of nitrogens with zero attached hydrogens (tertiary/aromatic N) is 1. The Morgan fingerprint density at radius 1 is 0.947 bits per heavy atom. The van der Waals surface area contributed by atoms with Gasteiger partial charge < -0.3 is 5.32 Å². The highest BCUT2D eigenvalue weighted by atomic mass is 16.2. The fourth-order valence-corrected chi connectivity index (χ4v) is 1.55. The summed E-state index contributed by atoms with van der Waals surface area (Å²) in [6, 6.07) is 10.4. The second-order valence-electron chi connectivity index (χ2n) is 4.37. The molecule has 0 aliphatic carbocycles. The van der Waals surface area contributed by atoms with Crippen LogP contribution in [0.15, 0.2) is 42.6 Å². The first kappa shape index (κ1) is 13.0. The van der Waals surface area contributed by atoms with Crippen molar-refractivity contribution in [2.75, 3.05) is 5.32 Å². The van der Waals surface area contributed by atoms with Crippen molar-refractivity contribution in [1.29, 1.82) is 0 Å². The number of hydrogen-bond donors (Lipinski definition) is 1. The molecule has 96 valence electrons. The van der Waals surface area contributed by atoms with E-state index in [1.807, 2.05) is 19.9 Å². The minimum absolute atomic E-state index is 0.371. The van der Waals surface area contributed by atoms with Crippen molar-refractivity contribution < 1.29 is 9.59 Å². The monoisotopic (exact) mass is 254 g/mol. The zero-order valence-corrected chi connectivity index (χ0v) is 10.8. The number of aromatic nitrogens is 1. The van der Waals surface area contributed by atoms with Gasteiger partial charge in [0.15, 0.2) is 0 Å². The molecule has 4 nitrogen and oxygen atoms in total. The molecule has 1 aromatic heterocycles. The third kappa shape index (κ3) is 3.25. The normalized spacial score (nSPS) is 10.0. The summed E-state index contributed by atoms with van der Waals surface area (Å²) in [5.41, 5.74) is 2.40. The Morgan fingerprint density at radius 2 is 1.58 bits per heavy atom. The SMILES string of the molecule is Cc1ccc(C(=O)C(=O)Nc2ccc(C)cn2)cc1. The standard InChI is InChI=1S/C15H14N2O2/c1-10-3-6-12(7-4-10)14(18)15(19)17-13-8-5-11(2)9-16-13/h3-9H,1-2H3,(H,16,17,19). The van der Waals surface area contributed by atoms with Crippen LogP contribution in [0.5, 0.6) is 0 Å². The molecule has 2 rings (SSSR count). The van der Waals surface area contributed by atoms with Crippen molar-refractivity contribution in [3.05, 3.63) is 59.3 Å². The van der Waals surface area contributed by atoms with E-state index in [4.69, 9.17) is 0 Å². The van der Waals surface area contributed by atoms with Gasteiger partial charge in [-0.05, 0) is 25.5 Å². The molecule has 0 saturated carbocycles. The fraction of sp³-hybridized carbons (Fsp3) is 0.133. The average Bonchev–Trinajstić information content (AvgIpc) is 2.41. The molecule has 0 aliphatic heterocycles. The van der Waals surface area contributed by atoms with E-state index in [0.717, 1.165) is 11.1 Å². The first-order valence-electron chi connectivity index (χ1n) is 5.91. The van der Waals surface area contributed by atoms with Crippen LogP contribution in [0, 0.1) is 13.8 Å². The van der Waals surface area contributed by atoms with E-state index in [2.05, 4.69) is 10.3 Å². The van der Waals surface area contributed by atoms with Crippen molar-refractivity contribution in [3.63, 3.8) is 0 Å². The summed E-state index contributed by atoms with van der Waals surface area (Å²) in [6.45, 7) is 3.82. The summed E-state index contributed by atoms with van der Waals surface area (Å²) in [5.74, 6) is -0.876. The molecule has 0 unspecified atom stereocenters. The van der Waals surface area contributed by atoms with E-state index in [9.17, 15) is 9.59 Å². The van der Waals surface area contributed by atoms with Gasteiger partial charge in [0.25, 0.3) is 11.7 Å². The van der Waals surface area contributed by atoms with Gasteiger partial charge in [-0.2, -0.15) is 0 Å². The largest absolute Gasteiger partial charge is 0.304 e. The number of ketones is 1. The van der Waals surface area contributed by atoms with E-state index in [1.54, 1.807) is 36.5 Å². The molecular formula is C15H14N2O2. The van der Waals surface area contributed by atoms with E-state index < -0.39 is 11.7 Å². The lowest BCUT2D eigenvalue weighted by molar-refractivity contribution is -0.112. The Kier molecular flexibility index (Phi) is 3.71. The molecule has 0 spiro atoms. The quantitative estimate of drug-likeness (QED) is 0.676. The Morgan fingerprint density at radius 3 is 2.16 bits per heavy atom. The van der Waals surface area contributed by atoms with Crippen LogP contribution in [-0.2, 0) is 4.79 Å². The van der Waals surface area contributed by atoms with Crippen LogP contribution >= 0.6 is 0 Å². The molecule has 0 atom stereocenters. The Balaban J connectivity index is 2.09. The number of anilines is 1. The van der Waals surface area contributed by atoms with Crippen molar-refractivity contribution in [2.45, 2.75) is 13.8 Å². The summed E-state index contributed by atoms with van der Waals surface area (Å²) in [4.78, 5) is 27.7. The number of nitrogens with one attached hydrogen (secondary N) is 1. The smallest absolute Gasteiger partial charge is 0.297 e. The molecule has 0 aliphatic rings. The number of hydrogen-bond acceptors (Lipinski definition) is 3. The zero-order chi connectivity index (χ0) is 13.8. The molecular weight excluding hydrogens is 240 g/mol. The third-order valence-electron chi connectivity index (χ3n) is 2.67. The van der Waals surface area contributed by atoms with Gasteiger partial charge in [0.2, 0.25) is 0 Å². The molecule has 0 bridgehead atoms. The Hall–Kier alpha value is -2.49. The summed E-state index contributed by atoms with van der Waals surface area (Å²) in [7, 11) is 0. The van der Waals surface area contributed by atoms with Gasteiger partial charge >= 0.3 is 0 Å². The molecule has 2 aromatic rings. The van der Waals surface area contributed by atoms with Crippen LogP contribution in [0.1, 0.15) is 21.5 Å².